The number of fused-ring (bicyclic) bond motifs is 1. The number of aryl methyl sites for hydroxylation is 3. The number of carbonyl (C=O) groups excluding carboxylic acids is 1. The molecule has 300 valence electrons. The third-order valence-corrected chi connectivity index (χ3v) is 10.4. The number of carbonyl (C=O) groups is 1. The van der Waals surface area contributed by atoms with E-state index in [0.29, 0.717) is 50.5 Å². The maximum Gasteiger partial charge on any atom is 0.257 e. The fourth-order valence-electron chi connectivity index (χ4n) is 6.77. The van der Waals surface area contributed by atoms with E-state index in [1.165, 1.54) is 17.5 Å². The molecule has 0 bridgehead atoms. The van der Waals surface area contributed by atoms with E-state index in [-0.39, 0.29) is 24.6 Å². The van der Waals surface area contributed by atoms with E-state index in [1.807, 2.05) is 87.5 Å². The molecule has 0 fully saturated rings. The Kier molecular flexibility index (Phi) is 14.0. The van der Waals surface area contributed by atoms with Gasteiger partial charge < -0.3 is 30.2 Å². The minimum atomic E-state index is -0.184. The Balaban J connectivity index is 0.000000197. The van der Waals surface area contributed by atoms with Gasteiger partial charge in [0.25, 0.3) is 5.91 Å². The van der Waals surface area contributed by atoms with Crippen molar-refractivity contribution in [2.75, 3.05) is 38.5 Å². The number of hydrogen-bond acceptors (Lipinski definition) is 10. The van der Waals surface area contributed by atoms with E-state index in [1.54, 1.807) is 27.3 Å². The maximum atomic E-state index is 11.4. The van der Waals surface area contributed by atoms with Crippen LogP contribution in [0.1, 0.15) is 60.2 Å². The molecule has 1 amide bonds. The number of nitrogens with one attached hydrogen (secondary N) is 3. The highest BCUT2D eigenvalue weighted by Crippen LogP contribution is 2.37. The predicted octanol–water partition coefficient (Wildman–Crippen LogP) is 10.0. The van der Waals surface area contributed by atoms with Gasteiger partial charge in [0, 0.05) is 30.3 Å². The summed E-state index contributed by atoms with van der Waals surface area (Å²) in [5.74, 6) is 4.48. The van der Waals surface area contributed by atoms with Gasteiger partial charge in [0.2, 0.25) is 0 Å². The number of anilines is 2. The first-order valence-corrected chi connectivity index (χ1v) is 19.7. The van der Waals surface area contributed by atoms with Crippen LogP contribution in [0, 0.1) is 13.8 Å². The largest absolute Gasteiger partial charge is 0.495 e. The minimum Gasteiger partial charge on any atom is -0.495 e. The highest BCUT2D eigenvalue weighted by molar-refractivity contribution is 6.35. The van der Waals surface area contributed by atoms with Crippen molar-refractivity contribution in [3.05, 3.63) is 135 Å². The number of ether oxygens (including phenoxy) is 3. The van der Waals surface area contributed by atoms with Crippen molar-refractivity contribution in [1.82, 2.24) is 25.3 Å². The van der Waals surface area contributed by atoms with Crippen LogP contribution in [0.15, 0.2) is 97.1 Å². The Morgan fingerprint density at radius 2 is 1.38 bits per heavy atom. The number of nitrogens with zero attached hydrogens (tertiary/aromatic N) is 4. The van der Waals surface area contributed by atoms with Crippen molar-refractivity contribution < 1.29 is 19.0 Å². The van der Waals surface area contributed by atoms with E-state index in [0.717, 1.165) is 41.0 Å². The van der Waals surface area contributed by atoms with Gasteiger partial charge in [-0.1, -0.05) is 83.9 Å². The lowest BCUT2D eigenvalue weighted by Crippen LogP contribution is -2.24. The number of benzene rings is 4. The monoisotopic (exact) mass is 819 g/mol. The van der Waals surface area contributed by atoms with Crippen LogP contribution in [0.4, 0.5) is 11.6 Å². The molecule has 6 aromatic rings. The number of amides is 1. The van der Waals surface area contributed by atoms with Gasteiger partial charge in [0.1, 0.15) is 40.5 Å². The Morgan fingerprint density at radius 3 is 2.02 bits per heavy atom. The van der Waals surface area contributed by atoms with Gasteiger partial charge in [-0.15, -0.1) is 0 Å². The van der Waals surface area contributed by atoms with Crippen molar-refractivity contribution in [2.24, 2.45) is 0 Å². The average Bonchev–Trinajstić information content (AvgIpc) is 3.23. The second-order valence-corrected chi connectivity index (χ2v) is 14.5. The summed E-state index contributed by atoms with van der Waals surface area (Å²) in [6, 6.07) is 31.5. The number of halogens is 2. The molecule has 0 saturated heterocycles. The second kappa shape index (κ2) is 19.5. The molecule has 2 heterocycles. The van der Waals surface area contributed by atoms with Gasteiger partial charge in [-0.05, 0) is 81.0 Å². The van der Waals surface area contributed by atoms with Gasteiger partial charge in [-0.25, -0.2) is 19.9 Å². The molecule has 1 aliphatic carbocycles. The number of aromatic nitrogens is 4. The first kappa shape index (κ1) is 41.7. The van der Waals surface area contributed by atoms with Crippen LogP contribution in [0.2, 0.25) is 10.0 Å². The highest BCUT2D eigenvalue weighted by atomic mass is 35.5. The number of methoxy groups -OCH3 is 2. The Labute approximate surface area is 349 Å². The smallest absolute Gasteiger partial charge is 0.257 e. The summed E-state index contributed by atoms with van der Waals surface area (Å²) in [7, 11) is 4.77. The predicted molar refractivity (Wildman–Crippen MR) is 231 cm³/mol. The summed E-state index contributed by atoms with van der Waals surface area (Å²) >= 11 is 13.0. The van der Waals surface area contributed by atoms with Crippen molar-refractivity contribution in [3.63, 3.8) is 0 Å². The molecule has 11 nitrogen and oxygen atoms in total. The average molecular weight is 821 g/mol. The highest BCUT2D eigenvalue weighted by Gasteiger charge is 2.21. The first-order chi connectivity index (χ1) is 28.1. The number of likely N-dealkylation sites (N-methyl/N-ethyl adjacent to an activating group) is 1. The molecular weight excluding hydrogens is 773 g/mol. The topological polar surface area (TPSA) is 132 Å². The molecule has 7 rings (SSSR count). The third kappa shape index (κ3) is 10.3. The molecule has 1 aliphatic rings. The first-order valence-electron chi connectivity index (χ1n) is 19.0. The molecule has 0 aliphatic heterocycles. The quantitative estimate of drug-likeness (QED) is 0.110. The zero-order chi connectivity index (χ0) is 41.2. The van der Waals surface area contributed by atoms with Crippen molar-refractivity contribution in [2.45, 2.75) is 52.1 Å². The molecular formula is C45H47Cl2N7O4. The van der Waals surface area contributed by atoms with Crippen LogP contribution in [-0.4, -0.2) is 53.7 Å². The van der Waals surface area contributed by atoms with E-state index in [9.17, 15) is 4.79 Å². The Bertz CT molecular complexity index is 2380. The second-order valence-electron chi connectivity index (χ2n) is 13.7. The Hall–Kier alpha value is -5.91. The van der Waals surface area contributed by atoms with E-state index >= 15 is 0 Å². The van der Waals surface area contributed by atoms with Crippen LogP contribution in [0.3, 0.4) is 0 Å². The lowest BCUT2D eigenvalue weighted by Gasteiger charge is -2.27. The van der Waals surface area contributed by atoms with Gasteiger partial charge in [0.05, 0.1) is 47.7 Å². The van der Waals surface area contributed by atoms with E-state index < -0.39 is 0 Å². The lowest BCUT2D eigenvalue weighted by molar-refractivity contribution is -0.122. The summed E-state index contributed by atoms with van der Waals surface area (Å²) in [5.41, 5.74) is 6.88. The van der Waals surface area contributed by atoms with Crippen LogP contribution < -0.4 is 30.2 Å². The van der Waals surface area contributed by atoms with Gasteiger partial charge in [-0.2, -0.15) is 0 Å². The van der Waals surface area contributed by atoms with Crippen LogP contribution in [0.25, 0.3) is 22.5 Å². The van der Waals surface area contributed by atoms with Crippen molar-refractivity contribution >= 4 is 40.7 Å². The zero-order valence-electron chi connectivity index (χ0n) is 33.4. The Morgan fingerprint density at radius 1 is 0.776 bits per heavy atom. The van der Waals surface area contributed by atoms with Crippen LogP contribution >= 0.6 is 23.2 Å². The molecule has 2 aromatic heterocycles. The molecule has 2 unspecified atom stereocenters. The van der Waals surface area contributed by atoms with Crippen LogP contribution in [0.5, 0.6) is 17.2 Å². The molecule has 0 spiro atoms. The minimum absolute atomic E-state index is 0.0302. The molecule has 13 heteroatoms. The van der Waals surface area contributed by atoms with Crippen molar-refractivity contribution in [1.29, 1.82) is 0 Å². The molecule has 2 atom stereocenters. The molecule has 3 N–H and O–H groups in total. The SMILES string of the molecule is CNC(=O)COc1cccc(C(C)Nc2cc(-c3cccc(OC)c3Cl)nc(C)n2)c1.COc1cccc(-c2cc(NC3CCCc4ccccc43)nc(C)n2)c1Cl. The van der Waals surface area contributed by atoms with Gasteiger partial charge in [0.15, 0.2) is 6.61 Å². The molecule has 4 aromatic carbocycles. The van der Waals surface area contributed by atoms with E-state index in [4.69, 9.17) is 37.4 Å². The summed E-state index contributed by atoms with van der Waals surface area (Å²) in [5, 5.41) is 10.6. The van der Waals surface area contributed by atoms with Crippen molar-refractivity contribution in [3.8, 4) is 39.8 Å². The standard InChI is InChI=1S/C23H25ClN4O3.C22H22ClN3O/c1-14(16-7-5-8-17(11-16)31-13-22(29)25-3)26-21-12-19(27-15(2)28-21)18-9-6-10-20(30-4)23(18)24;1-14-24-19(17-10-6-12-20(27-2)22(17)23)13-21(25-14)26-18-11-5-8-15-7-3-4-9-16(15)18/h5-12,14H,13H2,1-4H3,(H,25,29)(H,26,27,28);3-4,6-7,9-10,12-13,18H,5,8,11H2,1-2H3,(H,24,25,26). The summed E-state index contributed by atoms with van der Waals surface area (Å²) in [6.45, 7) is 5.73. The van der Waals surface area contributed by atoms with Gasteiger partial charge >= 0.3 is 0 Å². The normalized spacial score (nSPS) is 13.6. The summed E-state index contributed by atoms with van der Waals surface area (Å²) in [4.78, 5) is 29.6. The third-order valence-electron chi connectivity index (χ3n) is 9.66. The number of rotatable bonds is 12. The molecule has 0 radical (unpaired) electrons. The number of hydrogen-bond donors (Lipinski definition) is 3. The van der Waals surface area contributed by atoms with Crippen LogP contribution in [-0.2, 0) is 11.2 Å². The fourth-order valence-corrected chi connectivity index (χ4v) is 7.37. The van der Waals surface area contributed by atoms with E-state index in [2.05, 4.69) is 60.2 Å². The lowest BCUT2D eigenvalue weighted by atomic mass is 9.88. The molecule has 0 saturated carbocycles. The maximum absolute atomic E-state index is 11.4. The molecule has 58 heavy (non-hydrogen) atoms. The summed E-state index contributed by atoms with van der Waals surface area (Å²) in [6.07, 6.45) is 3.41. The zero-order valence-corrected chi connectivity index (χ0v) is 34.9. The van der Waals surface area contributed by atoms with Gasteiger partial charge in [-0.3, -0.25) is 4.79 Å². The summed E-state index contributed by atoms with van der Waals surface area (Å²) < 4.78 is 16.2. The fraction of sp³-hybridized carbons (Fsp3) is 0.267.